The third-order valence-corrected chi connectivity index (χ3v) is 3.14. The molecule has 1 N–H and O–H groups in total. The average molecular weight is 322 g/mol. The van der Waals surface area contributed by atoms with Crippen LogP contribution in [0.5, 0.6) is 0 Å². The number of rotatable bonds is 1. The molecular weight excluding hydrogens is 292 g/mol. The molecule has 0 amide bonds. The highest BCUT2D eigenvalue weighted by atomic mass is 16.6. The van der Waals surface area contributed by atoms with E-state index in [9.17, 15) is 5.11 Å². The van der Waals surface area contributed by atoms with Gasteiger partial charge >= 0.3 is 0 Å². The lowest BCUT2D eigenvalue weighted by Gasteiger charge is -2.26. The Hall–Kier alpha value is -0.280. The Morgan fingerprint density at radius 1 is 0.591 bits per heavy atom. The number of hydrogen-bond donors (Lipinski definition) is 1. The predicted octanol–water partition coefficient (Wildman–Crippen LogP) is 0.0982. The van der Waals surface area contributed by atoms with Crippen molar-refractivity contribution in [3.8, 4) is 0 Å². The van der Waals surface area contributed by atoms with Crippen molar-refractivity contribution < 1.29 is 33.5 Å². The van der Waals surface area contributed by atoms with Crippen LogP contribution in [0.2, 0.25) is 0 Å². The lowest BCUT2D eigenvalue weighted by atomic mass is 9.94. The molecule has 1 aliphatic heterocycles. The smallest absolute Gasteiger partial charge is 0.0701 e. The van der Waals surface area contributed by atoms with Gasteiger partial charge in [-0.05, 0) is 0 Å². The molecule has 0 atom stereocenters. The van der Waals surface area contributed by atoms with Crippen molar-refractivity contribution in [1.29, 1.82) is 0 Å². The fourth-order valence-electron chi connectivity index (χ4n) is 1.77. The van der Waals surface area contributed by atoms with Gasteiger partial charge in [0.2, 0.25) is 0 Å². The molecule has 7 nitrogen and oxygen atoms in total. The minimum Gasteiger partial charge on any atom is -0.396 e. The Kier molecular flexibility index (Phi) is 11.8. The van der Waals surface area contributed by atoms with Crippen LogP contribution >= 0.6 is 0 Å². The fourth-order valence-corrected chi connectivity index (χ4v) is 1.77. The maximum Gasteiger partial charge on any atom is 0.0701 e. The summed E-state index contributed by atoms with van der Waals surface area (Å²) in [5, 5.41) is 9.48. The van der Waals surface area contributed by atoms with Crippen LogP contribution in [0.1, 0.15) is 6.92 Å². The Balaban J connectivity index is 2.25. The molecule has 0 spiro atoms. The van der Waals surface area contributed by atoms with Gasteiger partial charge in [-0.25, -0.2) is 0 Å². The van der Waals surface area contributed by atoms with Crippen molar-refractivity contribution in [3.05, 3.63) is 0 Å². The van der Waals surface area contributed by atoms with E-state index in [0.29, 0.717) is 79.3 Å². The normalized spacial score (nSPS) is 24.8. The van der Waals surface area contributed by atoms with Gasteiger partial charge in [0.15, 0.2) is 0 Å². The summed E-state index contributed by atoms with van der Waals surface area (Å²) in [6, 6.07) is 0. The summed E-state index contributed by atoms with van der Waals surface area (Å²) in [5.41, 5.74) is -0.408. The SMILES string of the molecule is CC1(CO)COCCOCCOCCOCCOCCOC1. The van der Waals surface area contributed by atoms with Crippen LogP contribution in [0, 0.1) is 5.41 Å². The summed E-state index contributed by atoms with van der Waals surface area (Å²) in [6.07, 6.45) is 0. The first-order chi connectivity index (χ1) is 10.8. The predicted molar refractivity (Wildman–Crippen MR) is 80.1 cm³/mol. The van der Waals surface area contributed by atoms with Gasteiger partial charge in [0.25, 0.3) is 0 Å². The van der Waals surface area contributed by atoms with Crippen molar-refractivity contribution in [3.63, 3.8) is 0 Å². The van der Waals surface area contributed by atoms with Crippen LogP contribution in [0.25, 0.3) is 0 Å². The van der Waals surface area contributed by atoms with Crippen molar-refractivity contribution in [2.45, 2.75) is 6.92 Å². The summed E-state index contributed by atoms with van der Waals surface area (Å²) >= 11 is 0. The molecule has 1 rings (SSSR count). The second kappa shape index (κ2) is 13.2. The molecule has 7 heteroatoms. The second-order valence-electron chi connectivity index (χ2n) is 5.52. The lowest BCUT2D eigenvalue weighted by Crippen LogP contribution is -2.34. The monoisotopic (exact) mass is 322 g/mol. The molecule has 1 heterocycles. The van der Waals surface area contributed by atoms with Crippen LogP contribution in [-0.4, -0.2) is 91.0 Å². The minimum atomic E-state index is -0.408. The van der Waals surface area contributed by atoms with Crippen LogP contribution < -0.4 is 0 Å². The van der Waals surface area contributed by atoms with E-state index in [1.807, 2.05) is 6.92 Å². The first-order valence-corrected chi connectivity index (χ1v) is 7.84. The second-order valence-corrected chi connectivity index (χ2v) is 5.52. The summed E-state index contributed by atoms with van der Waals surface area (Å²) in [7, 11) is 0. The molecule has 1 saturated heterocycles. The highest BCUT2D eigenvalue weighted by Gasteiger charge is 2.24. The van der Waals surface area contributed by atoms with E-state index in [1.54, 1.807) is 0 Å². The molecule has 0 saturated carbocycles. The van der Waals surface area contributed by atoms with Crippen LogP contribution in [-0.2, 0) is 28.4 Å². The van der Waals surface area contributed by atoms with E-state index in [0.717, 1.165) is 0 Å². The standard InChI is InChI=1S/C15H30O7/c1-15(12-16)13-21-10-8-19-6-4-17-2-3-18-5-7-20-9-11-22-14-15/h16H,2-14H2,1H3. The Labute approximate surface area is 132 Å². The number of aliphatic hydroxyl groups excluding tert-OH is 1. The largest absolute Gasteiger partial charge is 0.396 e. The number of hydrogen-bond acceptors (Lipinski definition) is 7. The molecule has 22 heavy (non-hydrogen) atoms. The molecule has 1 fully saturated rings. The first kappa shape index (κ1) is 19.8. The molecule has 0 aromatic heterocycles. The molecule has 1 aliphatic rings. The zero-order chi connectivity index (χ0) is 15.9. The maximum atomic E-state index is 9.48. The van der Waals surface area contributed by atoms with Crippen molar-refractivity contribution in [2.75, 3.05) is 85.9 Å². The van der Waals surface area contributed by atoms with Gasteiger partial charge in [-0.2, -0.15) is 0 Å². The van der Waals surface area contributed by atoms with E-state index in [2.05, 4.69) is 0 Å². The third-order valence-electron chi connectivity index (χ3n) is 3.14. The van der Waals surface area contributed by atoms with Gasteiger partial charge in [0.05, 0.1) is 85.9 Å². The highest BCUT2D eigenvalue weighted by Crippen LogP contribution is 2.16. The topological polar surface area (TPSA) is 75.6 Å². The van der Waals surface area contributed by atoms with Gasteiger partial charge in [-0.1, -0.05) is 6.92 Å². The van der Waals surface area contributed by atoms with Gasteiger partial charge in [-0.15, -0.1) is 0 Å². The summed E-state index contributed by atoms with van der Waals surface area (Å²) in [5.74, 6) is 0. The molecule has 0 aromatic rings. The van der Waals surface area contributed by atoms with Crippen molar-refractivity contribution >= 4 is 0 Å². The van der Waals surface area contributed by atoms with Gasteiger partial charge in [0, 0.05) is 5.41 Å². The minimum absolute atomic E-state index is 0.0103. The van der Waals surface area contributed by atoms with E-state index in [4.69, 9.17) is 28.4 Å². The van der Waals surface area contributed by atoms with Crippen molar-refractivity contribution in [1.82, 2.24) is 0 Å². The molecule has 0 unspecified atom stereocenters. The highest BCUT2D eigenvalue weighted by molar-refractivity contribution is 4.72. The summed E-state index contributed by atoms with van der Waals surface area (Å²) in [6.45, 7) is 8.06. The number of aliphatic hydroxyl groups is 1. The van der Waals surface area contributed by atoms with Gasteiger partial charge < -0.3 is 33.5 Å². The Morgan fingerprint density at radius 2 is 0.864 bits per heavy atom. The lowest BCUT2D eigenvalue weighted by molar-refractivity contribution is -0.0616. The Bertz CT molecular complexity index is 230. The van der Waals surface area contributed by atoms with E-state index >= 15 is 0 Å². The van der Waals surface area contributed by atoms with E-state index < -0.39 is 5.41 Å². The molecule has 0 aliphatic carbocycles. The maximum absolute atomic E-state index is 9.48. The van der Waals surface area contributed by atoms with E-state index in [1.165, 1.54) is 0 Å². The van der Waals surface area contributed by atoms with Gasteiger partial charge in [-0.3, -0.25) is 0 Å². The zero-order valence-corrected chi connectivity index (χ0v) is 13.6. The van der Waals surface area contributed by atoms with E-state index in [-0.39, 0.29) is 6.61 Å². The van der Waals surface area contributed by atoms with Crippen LogP contribution in [0.3, 0.4) is 0 Å². The quantitative estimate of drug-likeness (QED) is 0.734. The molecule has 132 valence electrons. The van der Waals surface area contributed by atoms with Gasteiger partial charge in [0.1, 0.15) is 0 Å². The molecule has 0 radical (unpaired) electrons. The average Bonchev–Trinajstić information content (AvgIpc) is 2.53. The van der Waals surface area contributed by atoms with Crippen molar-refractivity contribution in [2.24, 2.45) is 5.41 Å². The molecule has 0 aromatic carbocycles. The molecular formula is C15H30O7. The number of ether oxygens (including phenoxy) is 6. The zero-order valence-electron chi connectivity index (χ0n) is 13.6. The summed E-state index contributed by atoms with van der Waals surface area (Å²) < 4.78 is 32.6. The third kappa shape index (κ3) is 10.4. The van der Waals surface area contributed by atoms with Crippen LogP contribution in [0.4, 0.5) is 0 Å². The van der Waals surface area contributed by atoms with Crippen LogP contribution in [0.15, 0.2) is 0 Å². The summed E-state index contributed by atoms with van der Waals surface area (Å²) in [4.78, 5) is 0. The Morgan fingerprint density at radius 3 is 1.14 bits per heavy atom. The molecule has 0 bridgehead atoms. The fraction of sp³-hybridized carbons (Fsp3) is 1.00. The first-order valence-electron chi connectivity index (χ1n) is 7.84.